The van der Waals surface area contributed by atoms with Crippen LogP contribution in [0.4, 0.5) is 5.88 Å². The largest absolute Gasteiger partial charge is 0.423 e. The third kappa shape index (κ3) is 3.08. The fourth-order valence-corrected chi connectivity index (χ4v) is 2.34. The summed E-state index contributed by atoms with van der Waals surface area (Å²) < 4.78 is 5.34. The van der Waals surface area contributed by atoms with E-state index < -0.39 is 5.92 Å². The molecule has 0 aliphatic rings. The maximum atomic E-state index is 12.6. The summed E-state index contributed by atoms with van der Waals surface area (Å²) in [5, 5.41) is 9.85. The molecule has 1 amide bonds. The molecule has 2 rings (SSSR count). The van der Waals surface area contributed by atoms with Crippen LogP contribution < -0.4 is 4.90 Å². The van der Waals surface area contributed by atoms with Gasteiger partial charge in [-0.05, 0) is 24.6 Å². The van der Waals surface area contributed by atoms with Crippen molar-refractivity contribution in [1.82, 2.24) is 4.98 Å². The molecule has 22 heavy (non-hydrogen) atoms. The summed E-state index contributed by atoms with van der Waals surface area (Å²) >= 11 is 11.9. The van der Waals surface area contributed by atoms with E-state index in [1.54, 1.807) is 32.0 Å². The summed E-state index contributed by atoms with van der Waals surface area (Å²) in [5.41, 5.74) is 0.802. The number of hydrogen-bond acceptors (Lipinski definition) is 4. The van der Waals surface area contributed by atoms with E-state index in [1.165, 1.54) is 11.9 Å². The summed E-state index contributed by atoms with van der Waals surface area (Å²) in [6.45, 7) is 3.36. The van der Waals surface area contributed by atoms with Gasteiger partial charge in [0.15, 0.2) is 5.89 Å². The van der Waals surface area contributed by atoms with E-state index in [-0.39, 0.29) is 17.5 Å². The van der Waals surface area contributed by atoms with Gasteiger partial charge in [0.2, 0.25) is 17.5 Å². The number of carbonyl (C=O) groups is 1. The molecule has 7 heteroatoms. The Morgan fingerprint density at radius 1 is 1.41 bits per heavy atom. The molecule has 2 aromatic rings. The predicted octanol–water partition coefficient (Wildman–Crippen LogP) is 3.93. The lowest BCUT2D eigenvalue weighted by Crippen LogP contribution is -2.30. The van der Waals surface area contributed by atoms with Crippen LogP contribution in [0.2, 0.25) is 10.0 Å². The van der Waals surface area contributed by atoms with Crippen molar-refractivity contribution in [1.29, 1.82) is 5.26 Å². The second-order valence-corrected chi connectivity index (χ2v) is 5.61. The molecule has 1 aromatic carbocycles. The van der Waals surface area contributed by atoms with Gasteiger partial charge in [-0.25, -0.2) is 4.98 Å². The highest BCUT2D eigenvalue weighted by Crippen LogP contribution is 2.29. The number of hydrogen-bond donors (Lipinski definition) is 0. The van der Waals surface area contributed by atoms with Gasteiger partial charge in [-0.1, -0.05) is 29.3 Å². The Labute approximate surface area is 138 Å². The van der Waals surface area contributed by atoms with Gasteiger partial charge in [-0.3, -0.25) is 9.69 Å². The molecule has 0 fully saturated rings. The Balaban J connectivity index is 2.30. The lowest BCUT2D eigenvalue weighted by Gasteiger charge is -2.19. The second-order valence-electron chi connectivity index (χ2n) is 4.79. The van der Waals surface area contributed by atoms with Gasteiger partial charge in [-0.15, -0.1) is 0 Å². The monoisotopic (exact) mass is 337 g/mol. The maximum Gasteiger partial charge on any atom is 0.241 e. The SMILES string of the molecule is Cc1nc(C#N)c(N(C)C(=O)C(C)c2ccc(Cl)c(Cl)c2)o1. The number of nitriles is 1. The molecule has 0 spiro atoms. The Morgan fingerprint density at radius 3 is 2.68 bits per heavy atom. The number of aryl methyl sites for hydroxylation is 1. The summed E-state index contributed by atoms with van der Waals surface area (Å²) in [6, 6.07) is 6.94. The standard InChI is InChI=1S/C15H13Cl2N3O2/c1-8(10-4-5-11(16)12(17)6-10)14(21)20(3)15-13(7-18)19-9(2)22-15/h4-6,8H,1-3H3. The van der Waals surface area contributed by atoms with Crippen molar-refractivity contribution in [2.24, 2.45) is 0 Å². The van der Waals surface area contributed by atoms with Crippen LogP contribution in [0.3, 0.4) is 0 Å². The molecule has 1 aromatic heterocycles. The molecule has 0 saturated carbocycles. The highest BCUT2D eigenvalue weighted by atomic mass is 35.5. The number of carbonyl (C=O) groups excluding carboxylic acids is 1. The molecular weight excluding hydrogens is 325 g/mol. The van der Waals surface area contributed by atoms with Crippen molar-refractivity contribution in [3.8, 4) is 6.07 Å². The van der Waals surface area contributed by atoms with Crippen LogP contribution in [-0.2, 0) is 4.79 Å². The van der Waals surface area contributed by atoms with Gasteiger partial charge < -0.3 is 4.42 Å². The van der Waals surface area contributed by atoms with Crippen LogP contribution in [0.25, 0.3) is 0 Å². The van der Waals surface area contributed by atoms with Crippen molar-refractivity contribution in [2.75, 3.05) is 11.9 Å². The van der Waals surface area contributed by atoms with Gasteiger partial charge in [0.25, 0.3) is 0 Å². The molecule has 0 aliphatic carbocycles. The number of amides is 1. The maximum absolute atomic E-state index is 12.6. The van der Waals surface area contributed by atoms with E-state index >= 15 is 0 Å². The van der Waals surface area contributed by atoms with Gasteiger partial charge >= 0.3 is 0 Å². The van der Waals surface area contributed by atoms with Crippen LogP contribution >= 0.6 is 23.2 Å². The number of nitrogens with zero attached hydrogens (tertiary/aromatic N) is 3. The fourth-order valence-electron chi connectivity index (χ4n) is 2.03. The number of halogens is 2. The van der Waals surface area contributed by atoms with Crippen LogP contribution in [0.15, 0.2) is 22.6 Å². The number of rotatable bonds is 3. The Kier molecular flexibility index (Phi) is 4.74. The Hall–Kier alpha value is -2.03. The zero-order valence-electron chi connectivity index (χ0n) is 12.2. The second kappa shape index (κ2) is 6.39. The average Bonchev–Trinajstić information content (AvgIpc) is 2.88. The van der Waals surface area contributed by atoms with Gasteiger partial charge in [-0.2, -0.15) is 5.26 Å². The van der Waals surface area contributed by atoms with Crippen LogP contribution in [0.5, 0.6) is 0 Å². The van der Waals surface area contributed by atoms with Crippen molar-refractivity contribution in [3.05, 3.63) is 45.4 Å². The molecule has 1 atom stereocenters. The van der Waals surface area contributed by atoms with Crippen LogP contribution in [0, 0.1) is 18.3 Å². The summed E-state index contributed by atoms with van der Waals surface area (Å²) in [7, 11) is 1.54. The molecule has 0 N–H and O–H groups in total. The normalized spacial score (nSPS) is 11.8. The first-order chi connectivity index (χ1) is 10.3. The van der Waals surface area contributed by atoms with Crippen molar-refractivity contribution in [3.63, 3.8) is 0 Å². The Bertz CT molecular complexity index is 765. The van der Waals surface area contributed by atoms with Gasteiger partial charge in [0.05, 0.1) is 16.0 Å². The van der Waals surface area contributed by atoms with Gasteiger partial charge in [0.1, 0.15) is 6.07 Å². The van der Waals surface area contributed by atoms with Crippen molar-refractivity contribution in [2.45, 2.75) is 19.8 Å². The van der Waals surface area contributed by atoms with E-state index in [0.29, 0.717) is 15.9 Å². The molecule has 0 radical (unpaired) electrons. The third-order valence-corrected chi connectivity index (χ3v) is 4.01. The molecule has 5 nitrogen and oxygen atoms in total. The minimum atomic E-state index is -0.475. The third-order valence-electron chi connectivity index (χ3n) is 3.27. The number of likely N-dealkylation sites (N-methyl/N-ethyl adjacent to an activating group) is 1. The zero-order chi connectivity index (χ0) is 16.4. The molecule has 0 saturated heterocycles. The van der Waals surface area contributed by atoms with E-state index in [0.717, 1.165) is 5.56 Å². The minimum absolute atomic E-state index is 0.0784. The number of aromatic nitrogens is 1. The average molecular weight is 338 g/mol. The van der Waals surface area contributed by atoms with Crippen LogP contribution in [-0.4, -0.2) is 17.9 Å². The molecule has 0 aliphatic heterocycles. The molecule has 1 heterocycles. The molecule has 1 unspecified atom stereocenters. The first-order valence-corrected chi connectivity index (χ1v) is 7.20. The topological polar surface area (TPSA) is 70.1 Å². The Morgan fingerprint density at radius 2 is 2.09 bits per heavy atom. The molecule has 114 valence electrons. The first kappa shape index (κ1) is 16.3. The first-order valence-electron chi connectivity index (χ1n) is 6.45. The molecule has 0 bridgehead atoms. The summed E-state index contributed by atoms with van der Waals surface area (Å²) in [5.74, 6) is -0.256. The smallest absolute Gasteiger partial charge is 0.241 e. The minimum Gasteiger partial charge on any atom is -0.423 e. The lowest BCUT2D eigenvalue weighted by atomic mass is 10.00. The number of benzene rings is 1. The van der Waals surface area contributed by atoms with Crippen molar-refractivity contribution >= 4 is 35.0 Å². The summed E-state index contributed by atoms with van der Waals surface area (Å²) in [4.78, 5) is 17.8. The van der Waals surface area contributed by atoms with Gasteiger partial charge in [0, 0.05) is 14.0 Å². The van der Waals surface area contributed by atoms with E-state index in [9.17, 15) is 4.79 Å². The highest BCUT2D eigenvalue weighted by molar-refractivity contribution is 6.42. The van der Waals surface area contributed by atoms with E-state index in [1.807, 2.05) is 6.07 Å². The lowest BCUT2D eigenvalue weighted by molar-refractivity contribution is -0.119. The fraction of sp³-hybridized carbons (Fsp3) is 0.267. The van der Waals surface area contributed by atoms with Crippen LogP contribution in [0.1, 0.15) is 30.0 Å². The highest BCUT2D eigenvalue weighted by Gasteiger charge is 2.26. The van der Waals surface area contributed by atoms with E-state index in [4.69, 9.17) is 32.9 Å². The number of anilines is 1. The predicted molar refractivity (Wildman–Crippen MR) is 84.2 cm³/mol. The molecular formula is C15H13Cl2N3O2. The van der Waals surface area contributed by atoms with E-state index in [2.05, 4.69) is 4.98 Å². The van der Waals surface area contributed by atoms with Crippen molar-refractivity contribution < 1.29 is 9.21 Å². The summed E-state index contributed by atoms with van der Waals surface area (Å²) in [6.07, 6.45) is 0. The quantitative estimate of drug-likeness (QED) is 0.850. The zero-order valence-corrected chi connectivity index (χ0v) is 13.7. The number of oxazole rings is 1.